The second-order valence-electron chi connectivity index (χ2n) is 3.32. The summed E-state index contributed by atoms with van der Waals surface area (Å²) in [6, 6.07) is 9.29. The van der Waals surface area contributed by atoms with Gasteiger partial charge in [0, 0.05) is 6.20 Å². The largest absolute Gasteiger partial charge is 0.495 e. The van der Waals surface area contributed by atoms with Crippen molar-refractivity contribution in [1.82, 2.24) is 4.98 Å². The minimum absolute atomic E-state index is 0.490. The number of nitrogens with zero attached hydrogens (tertiary/aromatic N) is 1. The molecule has 0 amide bonds. The van der Waals surface area contributed by atoms with Crippen molar-refractivity contribution in [1.29, 1.82) is 0 Å². The second-order valence-corrected chi connectivity index (χ2v) is 3.73. The zero-order valence-corrected chi connectivity index (χ0v) is 9.53. The lowest BCUT2D eigenvalue weighted by Gasteiger charge is -2.06. The molecule has 0 saturated heterocycles. The van der Waals surface area contributed by atoms with E-state index in [2.05, 4.69) is 4.98 Å². The molecule has 1 heterocycles. The van der Waals surface area contributed by atoms with Gasteiger partial charge in [0.25, 0.3) is 0 Å². The lowest BCUT2D eigenvalue weighted by molar-refractivity contribution is 0.415. The Hall–Kier alpha value is -1.74. The highest BCUT2D eigenvalue weighted by Crippen LogP contribution is 2.30. The zero-order chi connectivity index (χ0) is 11.5. The number of methoxy groups -OCH3 is 1. The first kappa shape index (κ1) is 10.8. The molecule has 0 aliphatic carbocycles. The van der Waals surface area contributed by atoms with Crippen LogP contribution < -0.4 is 10.5 Å². The van der Waals surface area contributed by atoms with Crippen LogP contribution in [-0.4, -0.2) is 12.1 Å². The second kappa shape index (κ2) is 4.41. The Labute approximate surface area is 98.8 Å². The molecule has 82 valence electrons. The Balaban J connectivity index is 2.45. The van der Waals surface area contributed by atoms with E-state index in [0.29, 0.717) is 16.6 Å². The summed E-state index contributed by atoms with van der Waals surface area (Å²) in [7, 11) is 1.59. The molecule has 16 heavy (non-hydrogen) atoms. The molecule has 1 aromatic heterocycles. The van der Waals surface area contributed by atoms with Gasteiger partial charge < -0.3 is 10.5 Å². The van der Waals surface area contributed by atoms with Crippen LogP contribution >= 0.6 is 11.6 Å². The van der Waals surface area contributed by atoms with Crippen molar-refractivity contribution < 1.29 is 4.74 Å². The number of halogens is 1. The molecule has 0 fully saturated rings. The molecule has 0 radical (unpaired) electrons. The highest BCUT2D eigenvalue weighted by Gasteiger charge is 2.04. The van der Waals surface area contributed by atoms with E-state index in [0.717, 1.165) is 11.1 Å². The Morgan fingerprint density at radius 3 is 2.56 bits per heavy atom. The number of benzene rings is 1. The van der Waals surface area contributed by atoms with Crippen LogP contribution in [-0.2, 0) is 0 Å². The topological polar surface area (TPSA) is 48.1 Å². The Kier molecular flexibility index (Phi) is 2.97. The molecule has 3 nitrogen and oxygen atoms in total. The predicted molar refractivity (Wildman–Crippen MR) is 65.6 cm³/mol. The maximum absolute atomic E-state index is 6.05. The van der Waals surface area contributed by atoms with Gasteiger partial charge in [-0.05, 0) is 35.4 Å². The summed E-state index contributed by atoms with van der Waals surface area (Å²) in [5.74, 6) is 1.15. The van der Waals surface area contributed by atoms with Crippen molar-refractivity contribution in [2.24, 2.45) is 0 Å². The first-order chi connectivity index (χ1) is 7.70. The van der Waals surface area contributed by atoms with Crippen molar-refractivity contribution in [2.45, 2.75) is 0 Å². The van der Waals surface area contributed by atoms with Gasteiger partial charge in [-0.1, -0.05) is 17.7 Å². The molecule has 0 saturated carbocycles. The number of pyridine rings is 1. The van der Waals surface area contributed by atoms with E-state index in [1.54, 1.807) is 19.4 Å². The van der Waals surface area contributed by atoms with Crippen LogP contribution in [0.4, 0.5) is 5.82 Å². The van der Waals surface area contributed by atoms with Crippen molar-refractivity contribution in [3.63, 3.8) is 0 Å². The normalized spacial score (nSPS) is 10.1. The number of anilines is 1. The molecule has 0 aliphatic heterocycles. The third-order valence-electron chi connectivity index (χ3n) is 2.27. The fourth-order valence-electron chi connectivity index (χ4n) is 1.47. The van der Waals surface area contributed by atoms with Crippen LogP contribution in [0.5, 0.6) is 5.75 Å². The van der Waals surface area contributed by atoms with Crippen molar-refractivity contribution in [2.75, 3.05) is 12.8 Å². The Morgan fingerprint density at radius 1 is 1.19 bits per heavy atom. The van der Waals surface area contributed by atoms with Crippen LogP contribution in [0.1, 0.15) is 0 Å². The van der Waals surface area contributed by atoms with Crippen LogP contribution in [0.15, 0.2) is 36.5 Å². The monoisotopic (exact) mass is 234 g/mol. The average molecular weight is 235 g/mol. The van der Waals surface area contributed by atoms with Gasteiger partial charge in [0.1, 0.15) is 11.6 Å². The minimum Gasteiger partial charge on any atom is -0.495 e. The smallest absolute Gasteiger partial charge is 0.137 e. The summed E-state index contributed by atoms with van der Waals surface area (Å²) < 4.78 is 5.09. The fourth-order valence-corrected chi connectivity index (χ4v) is 1.73. The van der Waals surface area contributed by atoms with Crippen LogP contribution in [0.2, 0.25) is 5.02 Å². The van der Waals surface area contributed by atoms with Gasteiger partial charge in [0.05, 0.1) is 12.1 Å². The Bertz CT molecular complexity index is 514. The maximum atomic E-state index is 6.05. The first-order valence-electron chi connectivity index (χ1n) is 4.76. The molecule has 0 unspecified atom stereocenters. The van der Waals surface area contributed by atoms with Crippen LogP contribution in [0.3, 0.4) is 0 Å². The molecule has 2 rings (SSSR count). The first-order valence-corrected chi connectivity index (χ1v) is 5.14. The van der Waals surface area contributed by atoms with Gasteiger partial charge in [-0.15, -0.1) is 0 Å². The van der Waals surface area contributed by atoms with Crippen molar-refractivity contribution in [3.05, 3.63) is 41.6 Å². The molecule has 2 aromatic rings. The van der Waals surface area contributed by atoms with E-state index in [4.69, 9.17) is 22.1 Å². The van der Waals surface area contributed by atoms with E-state index < -0.39 is 0 Å². The zero-order valence-electron chi connectivity index (χ0n) is 8.77. The summed E-state index contributed by atoms with van der Waals surface area (Å²) in [5, 5.41) is 0.579. The summed E-state index contributed by atoms with van der Waals surface area (Å²) in [6.07, 6.45) is 1.67. The lowest BCUT2D eigenvalue weighted by atomic mass is 10.1. The number of aromatic nitrogens is 1. The van der Waals surface area contributed by atoms with E-state index in [9.17, 15) is 0 Å². The summed E-state index contributed by atoms with van der Waals surface area (Å²) >= 11 is 6.05. The number of nitrogen functional groups attached to an aromatic ring is 1. The molecule has 2 N–H and O–H groups in total. The highest BCUT2D eigenvalue weighted by molar-refractivity contribution is 6.32. The molecule has 0 atom stereocenters. The third kappa shape index (κ3) is 2.09. The molecule has 0 spiro atoms. The molecular formula is C12H11ClN2O. The Morgan fingerprint density at radius 2 is 1.94 bits per heavy atom. The number of hydrogen-bond donors (Lipinski definition) is 1. The van der Waals surface area contributed by atoms with Gasteiger partial charge >= 0.3 is 0 Å². The molecule has 0 bridgehead atoms. The quantitative estimate of drug-likeness (QED) is 0.869. The number of ether oxygens (including phenoxy) is 1. The minimum atomic E-state index is 0.490. The van der Waals surface area contributed by atoms with Crippen molar-refractivity contribution in [3.8, 4) is 16.9 Å². The maximum Gasteiger partial charge on any atom is 0.137 e. The fraction of sp³-hybridized carbons (Fsp3) is 0.0833. The number of rotatable bonds is 2. The summed E-state index contributed by atoms with van der Waals surface area (Å²) in [6.45, 7) is 0. The van der Waals surface area contributed by atoms with Gasteiger partial charge in [-0.25, -0.2) is 4.98 Å². The van der Waals surface area contributed by atoms with Gasteiger partial charge in [-0.3, -0.25) is 0 Å². The van der Waals surface area contributed by atoms with E-state index in [1.807, 2.05) is 24.3 Å². The van der Waals surface area contributed by atoms with Crippen molar-refractivity contribution >= 4 is 17.4 Å². The third-order valence-corrected chi connectivity index (χ3v) is 2.56. The highest BCUT2D eigenvalue weighted by atomic mass is 35.5. The number of nitrogens with two attached hydrogens (primary N) is 1. The lowest BCUT2D eigenvalue weighted by Crippen LogP contribution is -1.90. The van der Waals surface area contributed by atoms with Crippen LogP contribution in [0.25, 0.3) is 11.1 Å². The molecule has 0 aliphatic rings. The number of hydrogen-bond acceptors (Lipinski definition) is 3. The molecular weight excluding hydrogens is 224 g/mol. The molecule has 4 heteroatoms. The standard InChI is InChI=1S/C12H11ClN2O/c1-16-11-3-2-8(6-10(11)13)9-4-5-15-12(14)7-9/h2-7H,1H3,(H2,14,15). The summed E-state index contributed by atoms with van der Waals surface area (Å²) in [4.78, 5) is 3.94. The molecule has 1 aromatic carbocycles. The predicted octanol–water partition coefficient (Wildman–Crippen LogP) is 2.99. The van der Waals surface area contributed by atoms with Gasteiger partial charge in [0.15, 0.2) is 0 Å². The van der Waals surface area contributed by atoms with E-state index in [-0.39, 0.29) is 0 Å². The summed E-state index contributed by atoms with van der Waals surface area (Å²) in [5.41, 5.74) is 7.59. The average Bonchev–Trinajstić information content (AvgIpc) is 2.29. The van der Waals surface area contributed by atoms with E-state index in [1.165, 1.54) is 0 Å². The van der Waals surface area contributed by atoms with Crippen LogP contribution in [0, 0.1) is 0 Å². The van der Waals surface area contributed by atoms with Gasteiger partial charge in [0.2, 0.25) is 0 Å². The SMILES string of the molecule is COc1ccc(-c2ccnc(N)c2)cc1Cl. The van der Waals surface area contributed by atoms with E-state index >= 15 is 0 Å². The van der Waals surface area contributed by atoms with Gasteiger partial charge in [-0.2, -0.15) is 0 Å².